The zero-order chi connectivity index (χ0) is 7.68. The number of alkyl halides is 1. The van der Waals surface area contributed by atoms with Crippen LogP contribution in [0.4, 0.5) is 5.82 Å². The molecule has 0 amide bonds. The molecule has 0 atom stereocenters. The second-order valence-electron chi connectivity index (χ2n) is 2.33. The maximum Gasteiger partial charge on any atom is 0.159 e. The van der Waals surface area contributed by atoms with Crippen molar-refractivity contribution in [2.45, 2.75) is 5.88 Å². The van der Waals surface area contributed by atoms with Crippen LogP contribution in [0.15, 0.2) is 18.5 Å². The van der Waals surface area contributed by atoms with Gasteiger partial charge in [0, 0.05) is 23.8 Å². The van der Waals surface area contributed by atoms with Crippen LogP contribution in [0.5, 0.6) is 0 Å². The summed E-state index contributed by atoms with van der Waals surface area (Å²) in [4.78, 5) is 4.12. The van der Waals surface area contributed by atoms with Crippen LogP contribution in [0, 0.1) is 0 Å². The number of hydrogen-bond donors (Lipinski definition) is 0. The van der Waals surface area contributed by atoms with Gasteiger partial charge in [-0.1, -0.05) is 0 Å². The molecule has 1 aliphatic rings. The molecule has 4 heteroatoms. The van der Waals surface area contributed by atoms with Gasteiger partial charge in [-0.25, -0.2) is 10.3 Å². The Hall–Kier alpha value is -0.730. The van der Waals surface area contributed by atoms with Crippen LogP contribution in [0.2, 0.25) is 0 Å². The fourth-order valence-electron chi connectivity index (χ4n) is 1.01. The Kier molecular flexibility index (Phi) is 2.95. The smallest absolute Gasteiger partial charge is 0.159 e. The van der Waals surface area contributed by atoms with Crippen LogP contribution in [-0.2, 0) is 5.88 Å². The van der Waals surface area contributed by atoms with Gasteiger partial charge in [-0.05, 0) is 17.7 Å². The highest BCUT2D eigenvalue weighted by Crippen LogP contribution is 2.21. The minimum Gasteiger partial charge on any atom is -0.237 e. The summed E-state index contributed by atoms with van der Waals surface area (Å²) in [5, 5.41) is 4.04. The first kappa shape index (κ1) is 9.36. The molecular formula is C8H7Cl2N2. The third kappa shape index (κ3) is 1.54. The Balaban J connectivity index is 0.000000720. The lowest BCUT2D eigenvalue weighted by Gasteiger charge is -1.97. The van der Waals surface area contributed by atoms with Crippen LogP contribution < -0.4 is 5.32 Å². The Bertz CT molecular complexity index is 310. The molecule has 2 heterocycles. The number of fused-ring (bicyclic) bond motifs is 1. The van der Waals surface area contributed by atoms with Gasteiger partial charge in [-0.2, -0.15) is 0 Å². The minimum atomic E-state index is 0. The van der Waals surface area contributed by atoms with Gasteiger partial charge < -0.3 is 0 Å². The summed E-state index contributed by atoms with van der Waals surface area (Å²) in [6.07, 6.45) is 5.43. The molecule has 1 radical (unpaired) electrons. The zero-order valence-corrected chi connectivity index (χ0v) is 7.77. The number of halogens is 2. The molecular weight excluding hydrogens is 195 g/mol. The van der Waals surface area contributed by atoms with Crippen molar-refractivity contribution in [2.75, 3.05) is 0 Å². The molecule has 0 aliphatic carbocycles. The van der Waals surface area contributed by atoms with Gasteiger partial charge in [0.05, 0.1) is 0 Å². The zero-order valence-electron chi connectivity index (χ0n) is 6.20. The number of hydrogen-bond acceptors (Lipinski definition) is 1. The molecule has 1 aromatic heterocycles. The molecule has 1 aliphatic heterocycles. The third-order valence-electron chi connectivity index (χ3n) is 1.56. The number of nitrogens with zero attached hydrogens (tertiary/aromatic N) is 2. The molecule has 0 N–H and O–H groups in total. The highest BCUT2D eigenvalue weighted by atomic mass is 35.5. The summed E-state index contributed by atoms with van der Waals surface area (Å²) < 4.78 is 0. The number of pyridine rings is 1. The van der Waals surface area contributed by atoms with Crippen molar-refractivity contribution in [2.24, 2.45) is 0 Å². The Labute approximate surface area is 82.1 Å². The topological polar surface area (TPSA) is 27.0 Å². The Morgan fingerprint density at radius 2 is 2.25 bits per heavy atom. The summed E-state index contributed by atoms with van der Waals surface area (Å²) in [6, 6.07) is 2.00. The summed E-state index contributed by atoms with van der Waals surface area (Å²) in [5.41, 5.74) is 2.09. The highest BCUT2D eigenvalue weighted by Gasteiger charge is 2.06. The quantitative estimate of drug-likeness (QED) is 0.642. The molecule has 0 fully saturated rings. The van der Waals surface area contributed by atoms with Gasteiger partial charge in [-0.15, -0.1) is 24.0 Å². The summed E-state index contributed by atoms with van der Waals surface area (Å²) in [6.45, 7) is 0. The van der Waals surface area contributed by atoms with E-state index in [1.54, 1.807) is 12.4 Å². The molecule has 2 rings (SSSR count). The number of aromatic nitrogens is 1. The summed E-state index contributed by atoms with van der Waals surface area (Å²) in [7, 11) is 0. The van der Waals surface area contributed by atoms with E-state index in [9.17, 15) is 0 Å². The average molecular weight is 202 g/mol. The van der Waals surface area contributed by atoms with Gasteiger partial charge in [0.15, 0.2) is 5.82 Å². The Morgan fingerprint density at radius 1 is 1.42 bits per heavy atom. The van der Waals surface area contributed by atoms with Gasteiger partial charge in [0.2, 0.25) is 0 Å². The SMILES string of the molecule is Cl.ClCc1cnc2c(c1)C=C[N]2. The van der Waals surface area contributed by atoms with Crippen molar-refractivity contribution in [3.05, 3.63) is 29.6 Å². The molecule has 0 spiro atoms. The van der Waals surface area contributed by atoms with Crippen molar-refractivity contribution in [3.8, 4) is 0 Å². The van der Waals surface area contributed by atoms with Crippen molar-refractivity contribution in [3.63, 3.8) is 0 Å². The van der Waals surface area contributed by atoms with Crippen molar-refractivity contribution in [1.82, 2.24) is 10.3 Å². The van der Waals surface area contributed by atoms with Crippen LogP contribution in [0.1, 0.15) is 11.1 Å². The molecule has 0 bridgehead atoms. The van der Waals surface area contributed by atoms with Gasteiger partial charge in [0.1, 0.15) is 0 Å². The average Bonchev–Trinajstić information content (AvgIpc) is 2.50. The molecule has 2 nitrogen and oxygen atoms in total. The summed E-state index contributed by atoms with van der Waals surface area (Å²) in [5.74, 6) is 1.30. The van der Waals surface area contributed by atoms with Crippen LogP contribution in [0.3, 0.4) is 0 Å². The molecule has 0 saturated carbocycles. The first-order chi connectivity index (χ1) is 5.40. The van der Waals surface area contributed by atoms with Crippen molar-refractivity contribution < 1.29 is 0 Å². The molecule has 12 heavy (non-hydrogen) atoms. The van der Waals surface area contributed by atoms with E-state index in [2.05, 4.69) is 10.3 Å². The maximum absolute atomic E-state index is 5.63. The largest absolute Gasteiger partial charge is 0.237 e. The maximum atomic E-state index is 5.63. The fourth-order valence-corrected chi connectivity index (χ4v) is 1.16. The van der Waals surface area contributed by atoms with Crippen LogP contribution in [0.25, 0.3) is 6.08 Å². The summed E-state index contributed by atoms with van der Waals surface area (Å²) >= 11 is 5.63. The van der Waals surface area contributed by atoms with Crippen LogP contribution >= 0.6 is 24.0 Å². The van der Waals surface area contributed by atoms with E-state index < -0.39 is 0 Å². The molecule has 63 valence electrons. The predicted octanol–water partition coefficient (Wildman–Crippen LogP) is 2.46. The number of rotatable bonds is 1. The predicted molar refractivity (Wildman–Crippen MR) is 51.9 cm³/mol. The first-order valence-electron chi connectivity index (χ1n) is 3.32. The minimum absolute atomic E-state index is 0. The lowest BCUT2D eigenvalue weighted by atomic mass is 10.2. The second kappa shape index (κ2) is 3.78. The molecule has 0 aromatic carbocycles. The Morgan fingerprint density at radius 3 is 3.00 bits per heavy atom. The lowest BCUT2D eigenvalue weighted by molar-refractivity contribution is 1.10. The van der Waals surface area contributed by atoms with E-state index in [0.29, 0.717) is 5.88 Å². The van der Waals surface area contributed by atoms with Gasteiger partial charge in [0.25, 0.3) is 0 Å². The molecule has 1 aromatic rings. The third-order valence-corrected chi connectivity index (χ3v) is 1.87. The highest BCUT2D eigenvalue weighted by molar-refractivity contribution is 6.17. The normalized spacial score (nSPS) is 11.8. The molecule has 0 saturated heterocycles. The van der Waals surface area contributed by atoms with Gasteiger partial charge in [-0.3, -0.25) is 0 Å². The molecule has 0 unspecified atom stereocenters. The van der Waals surface area contributed by atoms with E-state index in [1.165, 1.54) is 0 Å². The van der Waals surface area contributed by atoms with Crippen molar-refractivity contribution >= 4 is 35.9 Å². The monoisotopic (exact) mass is 201 g/mol. The van der Waals surface area contributed by atoms with E-state index in [-0.39, 0.29) is 12.4 Å². The standard InChI is InChI=1S/C8H6ClN2.ClH/c9-4-6-3-7-1-2-10-8(7)11-5-6;/h1-3,5H,4H2;1H. The lowest BCUT2D eigenvalue weighted by Crippen LogP contribution is -1.88. The second-order valence-corrected chi connectivity index (χ2v) is 2.60. The first-order valence-corrected chi connectivity index (χ1v) is 3.86. The fraction of sp³-hybridized carbons (Fsp3) is 0.125. The van der Waals surface area contributed by atoms with E-state index in [1.807, 2.05) is 12.1 Å². The van der Waals surface area contributed by atoms with Gasteiger partial charge >= 0.3 is 0 Å². The van der Waals surface area contributed by atoms with E-state index >= 15 is 0 Å². The van der Waals surface area contributed by atoms with E-state index in [0.717, 1.165) is 16.9 Å². The van der Waals surface area contributed by atoms with E-state index in [4.69, 9.17) is 11.6 Å². The van der Waals surface area contributed by atoms with Crippen molar-refractivity contribution in [1.29, 1.82) is 0 Å². The van der Waals surface area contributed by atoms with Crippen LogP contribution in [-0.4, -0.2) is 4.98 Å².